The molecule has 1 fully saturated rings. The van der Waals surface area contributed by atoms with Gasteiger partial charge in [0.15, 0.2) is 0 Å². The summed E-state index contributed by atoms with van der Waals surface area (Å²) in [5.74, 6) is -4.23. The van der Waals surface area contributed by atoms with E-state index in [2.05, 4.69) is 0 Å². The first-order valence-electron chi connectivity index (χ1n) is 5.58. The second kappa shape index (κ2) is 4.79. The average Bonchev–Trinajstić information content (AvgIpc) is 2.39. The van der Waals surface area contributed by atoms with Crippen LogP contribution in [-0.4, -0.2) is 11.8 Å². The van der Waals surface area contributed by atoms with Gasteiger partial charge in [-0.3, -0.25) is 14.9 Å². The molecule has 6 nitrogen and oxygen atoms in total. The van der Waals surface area contributed by atoms with Crippen LogP contribution in [0, 0.1) is 34.5 Å². The molecule has 2 atom stereocenters. The summed E-state index contributed by atoms with van der Waals surface area (Å²) in [4.78, 5) is 23.3. The molecule has 94 valence electrons. The van der Waals surface area contributed by atoms with E-state index in [9.17, 15) is 9.59 Å². The smallest absolute Gasteiger partial charge is 0.244 e. The molecule has 1 aliphatic rings. The van der Waals surface area contributed by atoms with Crippen LogP contribution in [0.15, 0.2) is 24.3 Å². The molecule has 0 bridgehead atoms. The predicted molar refractivity (Wildman–Crippen MR) is 65.0 cm³/mol. The van der Waals surface area contributed by atoms with E-state index >= 15 is 0 Å². The molecule has 1 heterocycles. The van der Waals surface area contributed by atoms with Crippen LogP contribution in [0.2, 0.25) is 0 Å². The third-order valence-electron chi connectivity index (χ3n) is 3.13. The number of amides is 2. The molecule has 2 amide bonds. The molecule has 3 N–H and O–H groups in total. The number of hydrogen-bond acceptors (Lipinski definition) is 5. The van der Waals surface area contributed by atoms with Crippen LogP contribution in [0.3, 0.4) is 0 Å². The number of nitriles is 2. The summed E-state index contributed by atoms with van der Waals surface area (Å²) in [6.45, 7) is 0. The molecule has 1 saturated heterocycles. The minimum atomic E-state index is -1.06. The first-order valence-corrected chi connectivity index (χ1v) is 5.58. The highest BCUT2D eigenvalue weighted by atomic mass is 16.2. The quantitative estimate of drug-likeness (QED) is 0.551. The number of nitrogens with zero attached hydrogens (tertiary/aromatic N) is 2. The Hall–Kier alpha value is -2.86. The van der Waals surface area contributed by atoms with Gasteiger partial charge in [-0.2, -0.15) is 10.5 Å². The van der Waals surface area contributed by atoms with Crippen molar-refractivity contribution in [2.75, 3.05) is 5.73 Å². The lowest BCUT2D eigenvalue weighted by atomic mass is 9.74. The maximum atomic E-state index is 11.7. The van der Waals surface area contributed by atoms with Gasteiger partial charge in [0, 0.05) is 11.6 Å². The van der Waals surface area contributed by atoms with Gasteiger partial charge in [-0.15, -0.1) is 0 Å². The zero-order valence-electron chi connectivity index (χ0n) is 9.83. The first kappa shape index (κ1) is 12.6. The molecule has 0 radical (unpaired) electrons. The van der Waals surface area contributed by atoms with Crippen molar-refractivity contribution < 1.29 is 9.59 Å². The number of piperidine rings is 1. The molecule has 6 heteroatoms. The number of nitrogen functional groups attached to an aromatic ring is 1. The molecule has 1 aliphatic heterocycles. The van der Waals surface area contributed by atoms with Crippen molar-refractivity contribution in [2.24, 2.45) is 11.8 Å². The highest BCUT2D eigenvalue weighted by Crippen LogP contribution is 2.35. The summed E-state index contributed by atoms with van der Waals surface area (Å²) in [5, 5.41) is 20.2. The number of benzene rings is 1. The van der Waals surface area contributed by atoms with E-state index < -0.39 is 29.6 Å². The standard InChI is InChI=1S/C13H10N4O2/c14-5-9-11(7-1-3-8(16)4-2-7)10(6-15)13(19)17-12(9)18/h1-4,9-11H,16H2,(H,17,18,19). The number of rotatable bonds is 1. The number of hydrogen-bond donors (Lipinski definition) is 2. The summed E-state index contributed by atoms with van der Waals surface area (Å²) in [5.41, 5.74) is 6.67. The number of nitrogens with one attached hydrogen (secondary N) is 1. The number of anilines is 1. The molecule has 0 saturated carbocycles. The molecule has 1 aromatic carbocycles. The summed E-state index contributed by atoms with van der Waals surface area (Å²) in [6, 6.07) is 10.2. The number of carbonyl (C=O) groups is 2. The zero-order valence-corrected chi connectivity index (χ0v) is 9.83. The molecule has 2 rings (SSSR count). The van der Waals surface area contributed by atoms with Gasteiger partial charge in [-0.05, 0) is 17.7 Å². The lowest BCUT2D eigenvalue weighted by Crippen LogP contribution is -2.49. The molecule has 2 unspecified atom stereocenters. The third-order valence-corrected chi connectivity index (χ3v) is 3.13. The van der Waals surface area contributed by atoms with Gasteiger partial charge in [-0.25, -0.2) is 0 Å². The van der Waals surface area contributed by atoms with Crippen LogP contribution in [0.4, 0.5) is 5.69 Å². The van der Waals surface area contributed by atoms with Gasteiger partial charge in [0.05, 0.1) is 12.1 Å². The van der Waals surface area contributed by atoms with Crippen LogP contribution in [0.1, 0.15) is 11.5 Å². The minimum absolute atomic E-state index is 0.525. The highest BCUT2D eigenvalue weighted by Gasteiger charge is 2.45. The van der Waals surface area contributed by atoms with Gasteiger partial charge < -0.3 is 5.73 Å². The number of nitrogens with two attached hydrogens (primary N) is 1. The summed E-state index contributed by atoms with van der Waals surface area (Å²) >= 11 is 0. The largest absolute Gasteiger partial charge is 0.399 e. The van der Waals surface area contributed by atoms with Crippen LogP contribution in [-0.2, 0) is 9.59 Å². The van der Waals surface area contributed by atoms with Crippen molar-refractivity contribution in [3.63, 3.8) is 0 Å². The van der Waals surface area contributed by atoms with Crippen molar-refractivity contribution in [2.45, 2.75) is 5.92 Å². The zero-order chi connectivity index (χ0) is 14.0. The minimum Gasteiger partial charge on any atom is -0.399 e. The average molecular weight is 254 g/mol. The van der Waals surface area contributed by atoms with Crippen molar-refractivity contribution in [1.29, 1.82) is 10.5 Å². The molecular weight excluding hydrogens is 244 g/mol. The van der Waals surface area contributed by atoms with Crippen LogP contribution < -0.4 is 11.1 Å². The van der Waals surface area contributed by atoms with E-state index in [0.717, 1.165) is 0 Å². The van der Waals surface area contributed by atoms with Gasteiger partial charge in [-0.1, -0.05) is 12.1 Å². The van der Waals surface area contributed by atoms with Gasteiger partial charge in [0.25, 0.3) is 0 Å². The number of carbonyl (C=O) groups excluding carboxylic acids is 2. The van der Waals surface area contributed by atoms with Crippen molar-refractivity contribution in [3.8, 4) is 12.1 Å². The summed E-state index contributed by atoms with van der Waals surface area (Å²) in [7, 11) is 0. The van der Waals surface area contributed by atoms with Gasteiger partial charge in [0.1, 0.15) is 11.8 Å². The third kappa shape index (κ3) is 2.12. The lowest BCUT2D eigenvalue weighted by molar-refractivity contribution is -0.137. The fourth-order valence-electron chi connectivity index (χ4n) is 2.18. The van der Waals surface area contributed by atoms with E-state index in [1.807, 2.05) is 17.5 Å². The molecule has 0 spiro atoms. The maximum Gasteiger partial charge on any atom is 0.244 e. The second-order valence-electron chi connectivity index (χ2n) is 4.26. The Bertz CT molecular complexity index is 577. The molecule has 1 aromatic rings. The van der Waals surface area contributed by atoms with Crippen molar-refractivity contribution in [3.05, 3.63) is 29.8 Å². The Labute approximate surface area is 109 Å². The van der Waals surface area contributed by atoms with E-state index in [1.165, 1.54) is 0 Å². The number of imide groups is 1. The first-order chi connectivity index (χ1) is 9.08. The highest BCUT2D eigenvalue weighted by molar-refractivity contribution is 6.03. The monoisotopic (exact) mass is 254 g/mol. The molecule has 0 aromatic heterocycles. The van der Waals surface area contributed by atoms with Crippen LogP contribution in [0.25, 0.3) is 0 Å². The Morgan fingerprint density at radius 1 is 1.00 bits per heavy atom. The Morgan fingerprint density at radius 3 is 1.89 bits per heavy atom. The maximum absolute atomic E-state index is 11.7. The normalized spacial score (nSPS) is 26.1. The van der Waals surface area contributed by atoms with Gasteiger partial charge in [0.2, 0.25) is 11.8 Å². The van der Waals surface area contributed by atoms with Crippen molar-refractivity contribution in [1.82, 2.24) is 5.32 Å². The van der Waals surface area contributed by atoms with Crippen LogP contribution in [0.5, 0.6) is 0 Å². The van der Waals surface area contributed by atoms with Crippen LogP contribution >= 0.6 is 0 Å². The summed E-state index contributed by atoms with van der Waals surface area (Å²) in [6.07, 6.45) is 0. The molecule has 0 aliphatic carbocycles. The Balaban J connectivity index is 2.50. The molecular formula is C13H10N4O2. The SMILES string of the molecule is N#CC1C(=O)NC(=O)C(C#N)C1c1ccc(N)cc1. The fraction of sp³-hybridized carbons (Fsp3) is 0.231. The topological polar surface area (TPSA) is 120 Å². The second-order valence-corrected chi connectivity index (χ2v) is 4.26. The Morgan fingerprint density at radius 2 is 1.47 bits per heavy atom. The van der Waals surface area contributed by atoms with Gasteiger partial charge >= 0.3 is 0 Å². The van der Waals surface area contributed by atoms with Crippen molar-refractivity contribution >= 4 is 17.5 Å². The lowest BCUT2D eigenvalue weighted by Gasteiger charge is -2.29. The van der Waals surface area contributed by atoms with E-state index in [0.29, 0.717) is 11.3 Å². The van der Waals surface area contributed by atoms with E-state index in [-0.39, 0.29) is 0 Å². The summed E-state index contributed by atoms with van der Waals surface area (Å²) < 4.78 is 0. The Kier molecular flexibility index (Phi) is 3.17. The van der Waals surface area contributed by atoms with E-state index in [4.69, 9.17) is 16.3 Å². The fourth-order valence-corrected chi connectivity index (χ4v) is 2.18. The molecule has 19 heavy (non-hydrogen) atoms. The van der Waals surface area contributed by atoms with E-state index in [1.54, 1.807) is 24.3 Å². The predicted octanol–water partition coefficient (Wildman–Crippen LogP) is 0.288.